The molecule has 0 fully saturated rings. The summed E-state index contributed by atoms with van der Waals surface area (Å²) in [6, 6.07) is 0. The van der Waals surface area contributed by atoms with Gasteiger partial charge in [0.15, 0.2) is 0 Å². The third-order valence-electron chi connectivity index (χ3n) is 1.64. The summed E-state index contributed by atoms with van der Waals surface area (Å²) in [6.45, 7) is 9.32. The van der Waals surface area contributed by atoms with Gasteiger partial charge >= 0.3 is 89.3 Å². The first kappa shape index (κ1) is 13.0. The Balaban J connectivity index is 2.91. The molecule has 0 aliphatic heterocycles. The second-order valence-electron chi connectivity index (χ2n) is 4.01. The van der Waals surface area contributed by atoms with Crippen molar-refractivity contribution in [2.75, 3.05) is 0 Å². The van der Waals surface area contributed by atoms with E-state index in [0.29, 0.717) is 0 Å². The summed E-state index contributed by atoms with van der Waals surface area (Å²) in [6.07, 6.45) is 2.92. The van der Waals surface area contributed by atoms with Crippen molar-refractivity contribution in [3.05, 3.63) is 0 Å². The standard InChI is InChI=1S/C10H22Se2/c1-9(2)5-7-11-12-8-6-10(3)4/h9-10H,5-8H2,1-4H3. The Morgan fingerprint density at radius 3 is 1.33 bits per heavy atom. The number of hydrogen-bond acceptors (Lipinski definition) is 0. The zero-order chi connectivity index (χ0) is 9.40. The Hall–Kier alpha value is 1.04. The normalized spacial score (nSPS) is 11.5. The van der Waals surface area contributed by atoms with Gasteiger partial charge in [0.05, 0.1) is 0 Å². The van der Waals surface area contributed by atoms with E-state index in [-0.39, 0.29) is 0 Å². The number of hydrogen-bond donors (Lipinski definition) is 0. The molecule has 0 saturated carbocycles. The Kier molecular flexibility index (Phi) is 9.38. The topological polar surface area (TPSA) is 0 Å². The van der Waals surface area contributed by atoms with Gasteiger partial charge in [-0.2, -0.15) is 0 Å². The summed E-state index contributed by atoms with van der Waals surface area (Å²) < 4.78 is 0. The first-order valence-electron chi connectivity index (χ1n) is 4.87. The molecule has 0 N–H and O–H groups in total. The molecule has 0 spiro atoms. The maximum atomic E-state index is 2.33. The molecule has 0 aliphatic rings. The maximum absolute atomic E-state index is 2.33. The Morgan fingerprint density at radius 1 is 0.750 bits per heavy atom. The molecular formula is C10H22Se2. The summed E-state index contributed by atoms with van der Waals surface area (Å²) >= 11 is 2.01. The van der Waals surface area contributed by atoms with E-state index in [1.165, 1.54) is 23.5 Å². The summed E-state index contributed by atoms with van der Waals surface area (Å²) in [4.78, 5) is 0. The van der Waals surface area contributed by atoms with Crippen LogP contribution in [0.1, 0.15) is 40.5 Å². The van der Waals surface area contributed by atoms with E-state index in [1.807, 2.05) is 0 Å². The third-order valence-corrected chi connectivity index (χ3v) is 9.13. The molecule has 0 aliphatic carbocycles. The molecule has 0 radical (unpaired) electrons. The predicted octanol–water partition coefficient (Wildman–Crippen LogP) is 3.24. The average Bonchev–Trinajstić information content (AvgIpc) is 1.95. The van der Waals surface area contributed by atoms with Gasteiger partial charge in [0, 0.05) is 0 Å². The molecule has 0 aromatic rings. The van der Waals surface area contributed by atoms with Crippen molar-refractivity contribution in [3.8, 4) is 0 Å². The monoisotopic (exact) mass is 302 g/mol. The summed E-state index contributed by atoms with van der Waals surface area (Å²) in [7, 11) is 0. The first-order valence-corrected chi connectivity index (χ1v) is 11.6. The predicted molar refractivity (Wildman–Crippen MR) is 60.0 cm³/mol. The second-order valence-corrected chi connectivity index (χ2v) is 11.9. The molecule has 0 saturated heterocycles. The van der Waals surface area contributed by atoms with Crippen molar-refractivity contribution in [3.63, 3.8) is 0 Å². The van der Waals surface area contributed by atoms with Crippen LogP contribution >= 0.6 is 0 Å². The fourth-order valence-electron chi connectivity index (χ4n) is 0.685. The fraction of sp³-hybridized carbons (Fsp3) is 1.00. The Labute approximate surface area is 89.1 Å². The van der Waals surface area contributed by atoms with E-state index < -0.39 is 0 Å². The van der Waals surface area contributed by atoms with Crippen molar-refractivity contribution < 1.29 is 0 Å². The first-order chi connectivity index (χ1) is 5.63. The number of rotatable bonds is 7. The second kappa shape index (κ2) is 8.63. The molecule has 0 amide bonds. The summed E-state index contributed by atoms with van der Waals surface area (Å²) in [5.41, 5.74) is 0. The minimum absolute atomic E-state index is 0.924. The van der Waals surface area contributed by atoms with Crippen LogP contribution in [0.15, 0.2) is 0 Å². The van der Waals surface area contributed by atoms with Gasteiger partial charge in [0.1, 0.15) is 0 Å². The molecule has 0 aromatic heterocycles. The minimum atomic E-state index is 0.924. The summed E-state index contributed by atoms with van der Waals surface area (Å²) in [5.74, 6) is 1.85. The Morgan fingerprint density at radius 2 is 1.08 bits per heavy atom. The van der Waals surface area contributed by atoms with Crippen LogP contribution in [0.3, 0.4) is 0 Å². The average molecular weight is 300 g/mol. The molecular weight excluding hydrogens is 278 g/mol. The van der Waals surface area contributed by atoms with E-state index >= 15 is 0 Å². The van der Waals surface area contributed by atoms with E-state index in [2.05, 4.69) is 27.7 Å². The molecule has 74 valence electrons. The van der Waals surface area contributed by atoms with Crippen molar-refractivity contribution >= 4 is 26.3 Å². The van der Waals surface area contributed by atoms with Crippen LogP contribution in [0.4, 0.5) is 0 Å². The summed E-state index contributed by atoms with van der Waals surface area (Å²) in [5, 5.41) is 3.06. The van der Waals surface area contributed by atoms with E-state index in [4.69, 9.17) is 0 Å². The van der Waals surface area contributed by atoms with Gasteiger partial charge < -0.3 is 0 Å². The van der Waals surface area contributed by atoms with Crippen molar-refractivity contribution in [2.24, 2.45) is 11.8 Å². The van der Waals surface area contributed by atoms with Gasteiger partial charge in [-0.05, 0) is 0 Å². The van der Waals surface area contributed by atoms with E-state index in [0.717, 1.165) is 38.1 Å². The molecule has 0 nitrogen and oxygen atoms in total. The van der Waals surface area contributed by atoms with Gasteiger partial charge in [-0.15, -0.1) is 0 Å². The molecule has 0 atom stereocenters. The van der Waals surface area contributed by atoms with Crippen molar-refractivity contribution in [1.82, 2.24) is 0 Å². The van der Waals surface area contributed by atoms with Gasteiger partial charge in [0.2, 0.25) is 0 Å². The Bertz CT molecular complexity index is 77.8. The van der Waals surface area contributed by atoms with Crippen molar-refractivity contribution in [2.45, 2.75) is 51.2 Å². The van der Waals surface area contributed by atoms with E-state index in [9.17, 15) is 0 Å². The van der Waals surface area contributed by atoms with Gasteiger partial charge in [0.25, 0.3) is 0 Å². The van der Waals surface area contributed by atoms with Crippen molar-refractivity contribution in [1.29, 1.82) is 0 Å². The molecule has 0 heterocycles. The molecule has 0 aromatic carbocycles. The van der Waals surface area contributed by atoms with Crippen LogP contribution in [0.25, 0.3) is 0 Å². The van der Waals surface area contributed by atoms with E-state index in [1.54, 1.807) is 0 Å². The van der Waals surface area contributed by atoms with Crippen LogP contribution in [-0.2, 0) is 0 Å². The SMILES string of the molecule is CC(C)CC[Se][Se]CCC(C)C. The molecule has 0 rings (SSSR count). The molecule has 2 heteroatoms. The van der Waals surface area contributed by atoms with Crippen LogP contribution in [0, 0.1) is 11.8 Å². The van der Waals surface area contributed by atoms with Crippen LogP contribution < -0.4 is 0 Å². The molecule has 0 bridgehead atoms. The zero-order valence-electron chi connectivity index (χ0n) is 8.80. The fourth-order valence-corrected chi connectivity index (χ4v) is 8.23. The molecule has 0 unspecified atom stereocenters. The quantitative estimate of drug-likeness (QED) is 0.500. The van der Waals surface area contributed by atoms with Gasteiger partial charge in [-0.25, -0.2) is 0 Å². The van der Waals surface area contributed by atoms with Crippen LogP contribution in [0.2, 0.25) is 10.6 Å². The van der Waals surface area contributed by atoms with Gasteiger partial charge in [-0.1, -0.05) is 0 Å². The van der Waals surface area contributed by atoms with Gasteiger partial charge in [-0.3, -0.25) is 0 Å². The van der Waals surface area contributed by atoms with Crippen LogP contribution in [-0.4, -0.2) is 26.3 Å². The third kappa shape index (κ3) is 11.0. The van der Waals surface area contributed by atoms with Crippen LogP contribution in [0.5, 0.6) is 0 Å². The zero-order valence-corrected chi connectivity index (χ0v) is 12.2. The molecule has 12 heavy (non-hydrogen) atoms.